The fraction of sp³-hybridized carbons (Fsp3) is 0. The van der Waals surface area contributed by atoms with Gasteiger partial charge in [0.15, 0.2) is 0 Å². The molecular weight excluding hydrogens is 283 g/mol. The number of hydrogen-bond donors (Lipinski definition) is 0. The summed E-state index contributed by atoms with van der Waals surface area (Å²) in [6, 6.07) is 7.49. The van der Waals surface area contributed by atoms with E-state index in [1.807, 2.05) is 24.3 Å². The van der Waals surface area contributed by atoms with Crippen molar-refractivity contribution < 1.29 is 9.52 Å². The van der Waals surface area contributed by atoms with E-state index >= 15 is 0 Å². The predicted octanol–water partition coefficient (Wildman–Crippen LogP) is 2.49. The Morgan fingerprint density at radius 3 is 2.62 bits per heavy atom. The van der Waals surface area contributed by atoms with Crippen LogP contribution in [0.25, 0.3) is 11.5 Å². The largest absolute Gasteiger partial charge is 0.459 e. The van der Waals surface area contributed by atoms with Crippen molar-refractivity contribution in [1.29, 1.82) is 0 Å². The molecule has 4 nitrogen and oxygen atoms in total. The average molecular weight is 287 g/mol. The molecule has 5 heteroatoms. The Hall–Kier alpha value is -1.11. The van der Waals surface area contributed by atoms with Crippen LogP contribution in [0, 0.1) is 3.57 Å². The summed E-state index contributed by atoms with van der Waals surface area (Å²) in [6.45, 7) is 0. The Balaban J connectivity index is 2.52. The van der Waals surface area contributed by atoms with Gasteiger partial charge in [0, 0.05) is 3.57 Å². The molecule has 1 aromatic heterocycles. The van der Waals surface area contributed by atoms with E-state index in [0.29, 0.717) is 0 Å². The third kappa shape index (κ3) is 1.64. The first-order chi connectivity index (χ1) is 6.27. The van der Waals surface area contributed by atoms with E-state index < -0.39 is 6.08 Å². The molecule has 0 bridgehead atoms. The van der Waals surface area contributed by atoms with Crippen LogP contribution in [-0.4, -0.2) is 10.2 Å². The molecule has 0 amide bonds. The summed E-state index contributed by atoms with van der Waals surface area (Å²) in [5, 5.41) is 17.5. The van der Waals surface area contributed by atoms with Gasteiger partial charge in [-0.3, -0.25) is 0 Å². The first kappa shape index (κ1) is 8.49. The van der Waals surface area contributed by atoms with Crippen molar-refractivity contribution in [2.45, 2.75) is 0 Å². The van der Waals surface area contributed by atoms with Crippen LogP contribution in [0.3, 0.4) is 0 Å². The fourth-order valence-corrected chi connectivity index (χ4v) is 1.57. The van der Waals surface area contributed by atoms with Gasteiger partial charge in [0.1, 0.15) is 0 Å². The Morgan fingerprint density at radius 2 is 2.00 bits per heavy atom. The Labute approximate surface area is 87.7 Å². The third-order valence-electron chi connectivity index (χ3n) is 1.51. The zero-order valence-corrected chi connectivity index (χ0v) is 8.56. The zero-order valence-electron chi connectivity index (χ0n) is 6.40. The van der Waals surface area contributed by atoms with Crippen LogP contribution in [0.1, 0.15) is 0 Å². The molecule has 1 heterocycles. The van der Waals surface area contributed by atoms with Crippen LogP contribution >= 0.6 is 22.6 Å². The molecule has 0 saturated heterocycles. The third-order valence-corrected chi connectivity index (χ3v) is 2.45. The van der Waals surface area contributed by atoms with Crippen LogP contribution in [0.5, 0.6) is 6.08 Å². The first-order valence-electron chi connectivity index (χ1n) is 3.53. The van der Waals surface area contributed by atoms with Crippen LogP contribution in [-0.2, 0) is 5.11 Å². The molecule has 0 aliphatic heterocycles. The van der Waals surface area contributed by atoms with Crippen LogP contribution in [0.15, 0.2) is 28.7 Å². The summed E-state index contributed by atoms with van der Waals surface area (Å²) in [7, 11) is 0. The quantitative estimate of drug-likeness (QED) is 0.757. The lowest BCUT2D eigenvalue weighted by Gasteiger charge is -1.95. The molecule has 13 heavy (non-hydrogen) atoms. The molecular formula is C8H4IN2O2. The van der Waals surface area contributed by atoms with Gasteiger partial charge in [-0.2, -0.15) is 0 Å². The minimum atomic E-state index is -0.658. The summed E-state index contributed by atoms with van der Waals surface area (Å²) >= 11 is 2.14. The average Bonchev–Trinajstić information content (AvgIpc) is 2.53. The fourth-order valence-electron chi connectivity index (χ4n) is 0.953. The summed E-state index contributed by atoms with van der Waals surface area (Å²) < 4.78 is 5.74. The minimum absolute atomic E-state index is 0.273. The smallest absolute Gasteiger partial charge is 0.386 e. The number of halogens is 1. The number of rotatable bonds is 1. The second-order valence-electron chi connectivity index (χ2n) is 2.35. The number of aromatic nitrogens is 2. The number of benzene rings is 1. The first-order valence-corrected chi connectivity index (χ1v) is 4.60. The van der Waals surface area contributed by atoms with E-state index in [0.717, 1.165) is 9.13 Å². The maximum absolute atomic E-state index is 10.6. The van der Waals surface area contributed by atoms with Crippen molar-refractivity contribution >= 4 is 22.6 Å². The SMILES string of the molecule is [O]c1nnc(-c2ccccc2I)o1. The van der Waals surface area contributed by atoms with Crippen molar-refractivity contribution in [3.63, 3.8) is 0 Å². The highest BCUT2D eigenvalue weighted by molar-refractivity contribution is 14.1. The highest BCUT2D eigenvalue weighted by Crippen LogP contribution is 2.24. The van der Waals surface area contributed by atoms with E-state index in [9.17, 15) is 5.11 Å². The van der Waals surface area contributed by atoms with Crippen molar-refractivity contribution in [2.75, 3.05) is 0 Å². The van der Waals surface area contributed by atoms with E-state index in [1.54, 1.807) is 0 Å². The van der Waals surface area contributed by atoms with Gasteiger partial charge in [-0.05, 0) is 34.7 Å². The molecule has 0 spiro atoms. The molecule has 0 fully saturated rings. The van der Waals surface area contributed by atoms with E-state index in [1.165, 1.54) is 0 Å². The van der Waals surface area contributed by atoms with Gasteiger partial charge in [-0.1, -0.05) is 17.2 Å². The van der Waals surface area contributed by atoms with Gasteiger partial charge >= 0.3 is 6.08 Å². The summed E-state index contributed by atoms with van der Waals surface area (Å²) in [4.78, 5) is 0. The number of nitrogens with zero attached hydrogens (tertiary/aromatic N) is 2. The van der Waals surface area contributed by atoms with Gasteiger partial charge < -0.3 is 4.42 Å². The van der Waals surface area contributed by atoms with Gasteiger partial charge in [0.25, 0.3) is 5.89 Å². The van der Waals surface area contributed by atoms with Crippen LogP contribution < -0.4 is 0 Å². The highest BCUT2D eigenvalue weighted by Gasteiger charge is 2.10. The molecule has 0 N–H and O–H groups in total. The van der Waals surface area contributed by atoms with Crippen LogP contribution in [0.4, 0.5) is 0 Å². The van der Waals surface area contributed by atoms with Gasteiger partial charge in [0.05, 0.1) is 5.56 Å². The van der Waals surface area contributed by atoms with Crippen molar-refractivity contribution in [2.24, 2.45) is 0 Å². The lowest BCUT2D eigenvalue weighted by atomic mass is 10.2. The second kappa shape index (κ2) is 3.33. The van der Waals surface area contributed by atoms with E-state index in [4.69, 9.17) is 4.42 Å². The molecule has 0 unspecified atom stereocenters. The monoisotopic (exact) mass is 287 g/mol. The molecule has 2 aromatic rings. The molecule has 0 saturated carbocycles. The standard InChI is InChI=1S/C8H4IN2O2/c9-6-4-2-1-3-5(6)7-10-11-8(12)13-7/h1-4H. The Bertz CT molecular complexity index is 428. The molecule has 2 rings (SSSR count). The van der Waals surface area contributed by atoms with Gasteiger partial charge in [-0.15, -0.1) is 5.10 Å². The van der Waals surface area contributed by atoms with Gasteiger partial charge in [0.2, 0.25) is 0 Å². The summed E-state index contributed by atoms with van der Waals surface area (Å²) in [6.07, 6.45) is -0.658. The zero-order chi connectivity index (χ0) is 9.26. The minimum Gasteiger partial charge on any atom is -0.386 e. The topological polar surface area (TPSA) is 58.8 Å². The lowest BCUT2D eigenvalue weighted by molar-refractivity contribution is 0.239. The van der Waals surface area contributed by atoms with Gasteiger partial charge in [-0.25, -0.2) is 5.11 Å². The molecule has 1 aromatic carbocycles. The number of hydrogen-bond acceptors (Lipinski definition) is 3. The van der Waals surface area contributed by atoms with E-state index in [-0.39, 0.29) is 5.89 Å². The van der Waals surface area contributed by atoms with E-state index in [2.05, 4.69) is 32.8 Å². The molecule has 0 atom stereocenters. The maximum Gasteiger partial charge on any atom is 0.459 e. The summed E-state index contributed by atoms with van der Waals surface area (Å²) in [5.74, 6) is 0.273. The maximum atomic E-state index is 10.6. The van der Waals surface area contributed by atoms with Crippen molar-refractivity contribution in [3.8, 4) is 17.5 Å². The summed E-state index contributed by atoms with van der Waals surface area (Å²) in [5.41, 5.74) is 0.790. The highest BCUT2D eigenvalue weighted by atomic mass is 127. The van der Waals surface area contributed by atoms with Crippen LogP contribution in [0.2, 0.25) is 0 Å². The molecule has 65 valence electrons. The molecule has 0 aliphatic rings. The molecule has 1 radical (unpaired) electrons. The normalized spacial score (nSPS) is 10.2. The predicted molar refractivity (Wildman–Crippen MR) is 52.6 cm³/mol. The van der Waals surface area contributed by atoms with Crippen molar-refractivity contribution in [3.05, 3.63) is 27.8 Å². The Kier molecular flexibility index (Phi) is 2.17. The van der Waals surface area contributed by atoms with Crippen molar-refractivity contribution in [1.82, 2.24) is 10.2 Å². The Morgan fingerprint density at radius 1 is 1.23 bits per heavy atom. The lowest BCUT2D eigenvalue weighted by Crippen LogP contribution is -1.81. The molecule has 0 aliphatic carbocycles. The second-order valence-corrected chi connectivity index (χ2v) is 3.52.